The van der Waals surface area contributed by atoms with Crippen LogP contribution in [-0.2, 0) is 6.54 Å². The fourth-order valence-corrected chi connectivity index (χ4v) is 2.01. The minimum absolute atomic E-state index is 0.101. The van der Waals surface area contributed by atoms with Crippen LogP contribution in [0.5, 0.6) is 0 Å². The highest BCUT2D eigenvalue weighted by Crippen LogP contribution is 2.31. The van der Waals surface area contributed by atoms with Gasteiger partial charge < -0.3 is 4.90 Å². The molecule has 0 unspecified atom stereocenters. The van der Waals surface area contributed by atoms with Crippen LogP contribution in [0.4, 0.5) is 0 Å². The molecule has 0 fully saturated rings. The predicted octanol–water partition coefficient (Wildman–Crippen LogP) is 2.62. The van der Waals surface area contributed by atoms with Crippen LogP contribution < -0.4 is 0 Å². The summed E-state index contributed by atoms with van der Waals surface area (Å²) in [6.07, 6.45) is 0. The first-order valence-corrected chi connectivity index (χ1v) is 5.10. The molecule has 1 aromatic rings. The largest absolute Gasteiger partial charge is 0.335 e. The number of benzene rings is 1. The maximum Gasteiger partial charge on any atom is 0.254 e. The van der Waals surface area contributed by atoms with Gasteiger partial charge in [0.25, 0.3) is 5.91 Å². The van der Waals surface area contributed by atoms with Crippen LogP contribution in [0.1, 0.15) is 28.4 Å². The lowest BCUT2D eigenvalue weighted by molar-refractivity contribution is 0.0787. The number of hydrogen-bond donors (Lipinski definition) is 0. The van der Waals surface area contributed by atoms with Gasteiger partial charge in [-0.25, -0.2) is 0 Å². The van der Waals surface area contributed by atoms with Gasteiger partial charge in [-0.1, -0.05) is 17.7 Å². The molecule has 1 aromatic carbocycles. The van der Waals surface area contributed by atoms with Crippen molar-refractivity contribution in [1.82, 2.24) is 4.90 Å². The van der Waals surface area contributed by atoms with Gasteiger partial charge in [0.05, 0.1) is 0 Å². The molecule has 3 heteroatoms. The second kappa shape index (κ2) is 3.28. The Bertz CT molecular complexity index is 401. The Hall–Kier alpha value is -1.02. The predicted molar refractivity (Wildman–Crippen MR) is 56.6 cm³/mol. The molecule has 74 valence electrons. The molecule has 0 bridgehead atoms. The number of carbonyl (C=O) groups is 1. The van der Waals surface area contributed by atoms with Crippen LogP contribution in [0.2, 0.25) is 5.02 Å². The van der Waals surface area contributed by atoms with Crippen molar-refractivity contribution in [2.24, 2.45) is 0 Å². The van der Waals surface area contributed by atoms with E-state index in [1.807, 2.05) is 26.0 Å². The molecule has 0 N–H and O–H groups in total. The van der Waals surface area contributed by atoms with Crippen molar-refractivity contribution in [3.05, 3.63) is 33.8 Å². The molecular weight excluding hydrogens is 198 g/mol. The van der Waals surface area contributed by atoms with E-state index in [1.165, 1.54) is 0 Å². The van der Waals surface area contributed by atoms with E-state index in [0.29, 0.717) is 6.54 Å². The molecule has 0 atom stereocenters. The zero-order valence-electron chi connectivity index (χ0n) is 8.30. The van der Waals surface area contributed by atoms with Gasteiger partial charge in [0.15, 0.2) is 0 Å². The number of carbonyl (C=O) groups excluding carboxylic acids is 1. The van der Waals surface area contributed by atoms with Gasteiger partial charge in [0, 0.05) is 29.2 Å². The maximum atomic E-state index is 11.8. The average Bonchev–Trinajstić information content (AvgIpc) is 2.50. The zero-order chi connectivity index (χ0) is 10.3. The normalized spacial score (nSPS) is 14.8. The number of rotatable bonds is 1. The van der Waals surface area contributed by atoms with Gasteiger partial charge in [-0.15, -0.1) is 0 Å². The van der Waals surface area contributed by atoms with Crippen molar-refractivity contribution in [1.29, 1.82) is 0 Å². The van der Waals surface area contributed by atoms with E-state index in [2.05, 4.69) is 0 Å². The van der Waals surface area contributed by atoms with E-state index < -0.39 is 0 Å². The third kappa shape index (κ3) is 1.22. The molecule has 0 aliphatic carbocycles. The molecule has 0 spiro atoms. The van der Waals surface area contributed by atoms with E-state index in [-0.39, 0.29) is 5.91 Å². The topological polar surface area (TPSA) is 20.3 Å². The Morgan fingerprint density at radius 2 is 2.21 bits per heavy atom. The van der Waals surface area contributed by atoms with E-state index in [1.54, 1.807) is 4.90 Å². The van der Waals surface area contributed by atoms with Gasteiger partial charge in [-0.3, -0.25) is 4.79 Å². The Labute approximate surface area is 88.5 Å². The Kier molecular flexibility index (Phi) is 2.23. The van der Waals surface area contributed by atoms with Crippen molar-refractivity contribution >= 4 is 17.5 Å². The second-order valence-electron chi connectivity index (χ2n) is 3.54. The SMILES string of the molecule is CCN1Cc2c(ccc(C)c2Cl)C1=O. The monoisotopic (exact) mass is 209 g/mol. The number of nitrogens with zero attached hydrogens (tertiary/aromatic N) is 1. The van der Waals surface area contributed by atoms with E-state index in [9.17, 15) is 4.79 Å². The van der Waals surface area contributed by atoms with Crippen LogP contribution in [0.25, 0.3) is 0 Å². The van der Waals surface area contributed by atoms with Crippen LogP contribution in [0, 0.1) is 6.92 Å². The highest BCUT2D eigenvalue weighted by Gasteiger charge is 2.28. The number of hydrogen-bond acceptors (Lipinski definition) is 1. The van der Waals surface area contributed by atoms with Crippen molar-refractivity contribution in [3.63, 3.8) is 0 Å². The molecule has 1 aliphatic heterocycles. The van der Waals surface area contributed by atoms with Gasteiger partial charge >= 0.3 is 0 Å². The van der Waals surface area contributed by atoms with Gasteiger partial charge in [0.2, 0.25) is 0 Å². The van der Waals surface area contributed by atoms with Gasteiger partial charge in [-0.05, 0) is 25.5 Å². The Morgan fingerprint density at radius 3 is 2.86 bits per heavy atom. The summed E-state index contributed by atoms with van der Waals surface area (Å²) < 4.78 is 0. The minimum Gasteiger partial charge on any atom is -0.335 e. The lowest BCUT2D eigenvalue weighted by Gasteiger charge is -2.11. The van der Waals surface area contributed by atoms with Crippen LogP contribution in [0.3, 0.4) is 0 Å². The summed E-state index contributed by atoms with van der Waals surface area (Å²) in [5, 5.41) is 0.742. The molecule has 2 rings (SSSR count). The summed E-state index contributed by atoms with van der Waals surface area (Å²) in [6.45, 7) is 5.33. The van der Waals surface area contributed by atoms with Crippen molar-refractivity contribution in [2.45, 2.75) is 20.4 Å². The fraction of sp³-hybridized carbons (Fsp3) is 0.364. The molecule has 0 radical (unpaired) electrons. The first-order valence-electron chi connectivity index (χ1n) is 4.72. The van der Waals surface area contributed by atoms with E-state index in [4.69, 9.17) is 11.6 Å². The van der Waals surface area contributed by atoms with Gasteiger partial charge in [-0.2, -0.15) is 0 Å². The molecule has 0 saturated carbocycles. The summed E-state index contributed by atoms with van der Waals surface area (Å²) >= 11 is 6.15. The molecular formula is C11H12ClNO. The highest BCUT2D eigenvalue weighted by molar-refractivity contribution is 6.32. The fourth-order valence-electron chi connectivity index (χ4n) is 1.78. The number of fused-ring (bicyclic) bond motifs is 1. The molecule has 1 amide bonds. The lowest BCUT2D eigenvalue weighted by Crippen LogP contribution is -2.22. The summed E-state index contributed by atoms with van der Waals surface area (Å²) in [7, 11) is 0. The van der Waals surface area contributed by atoms with Crippen molar-refractivity contribution in [2.75, 3.05) is 6.54 Å². The third-order valence-electron chi connectivity index (χ3n) is 2.68. The third-order valence-corrected chi connectivity index (χ3v) is 3.21. The molecule has 2 nitrogen and oxygen atoms in total. The highest BCUT2D eigenvalue weighted by atomic mass is 35.5. The van der Waals surface area contributed by atoms with Crippen LogP contribution >= 0.6 is 11.6 Å². The van der Waals surface area contributed by atoms with Gasteiger partial charge in [0.1, 0.15) is 0 Å². The summed E-state index contributed by atoms with van der Waals surface area (Å²) in [5.41, 5.74) is 2.79. The molecule has 1 aliphatic rings. The van der Waals surface area contributed by atoms with Crippen molar-refractivity contribution < 1.29 is 4.79 Å². The smallest absolute Gasteiger partial charge is 0.254 e. The molecule has 14 heavy (non-hydrogen) atoms. The van der Waals surface area contributed by atoms with E-state index in [0.717, 1.165) is 28.3 Å². The first-order chi connectivity index (χ1) is 6.65. The zero-order valence-corrected chi connectivity index (χ0v) is 9.06. The summed E-state index contributed by atoms with van der Waals surface area (Å²) in [4.78, 5) is 13.6. The molecule has 1 heterocycles. The number of aryl methyl sites for hydroxylation is 1. The quantitative estimate of drug-likeness (QED) is 0.697. The Morgan fingerprint density at radius 1 is 1.50 bits per heavy atom. The average molecular weight is 210 g/mol. The minimum atomic E-state index is 0.101. The number of halogens is 1. The standard InChI is InChI=1S/C11H12ClNO/c1-3-13-6-9-8(11(13)14)5-4-7(2)10(9)12/h4-5H,3,6H2,1-2H3. The summed E-state index contributed by atoms with van der Waals surface area (Å²) in [6, 6.07) is 3.77. The maximum absolute atomic E-state index is 11.8. The van der Waals surface area contributed by atoms with Crippen molar-refractivity contribution in [3.8, 4) is 0 Å². The number of amides is 1. The molecule has 0 aromatic heterocycles. The Balaban J connectivity index is 2.53. The van der Waals surface area contributed by atoms with Crippen LogP contribution in [0.15, 0.2) is 12.1 Å². The second-order valence-corrected chi connectivity index (χ2v) is 3.92. The lowest BCUT2D eigenvalue weighted by atomic mass is 10.1. The first kappa shape index (κ1) is 9.53. The molecule has 0 saturated heterocycles. The summed E-state index contributed by atoms with van der Waals surface area (Å²) in [5.74, 6) is 0.101. The van der Waals surface area contributed by atoms with E-state index >= 15 is 0 Å². The van der Waals surface area contributed by atoms with Crippen LogP contribution in [-0.4, -0.2) is 17.4 Å².